The molecular formula is C33H23FN6O. The predicted molar refractivity (Wildman–Crippen MR) is 159 cm³/mol. The lowest BCUT2D eigenvalue weighted by Gasteiger charge is -2.07. The number of anilines is 1. The first kappa shape index (κ1) is 24.4. The number of carbonyl (C=O) groups excluding carboxylic acids is 1. The second kappa shape index (κ2) is 10.2. The van der Waals surface area contributed by atoms with Gasteiger partial charge in [-0.15, -0.1) is 0 Å². The normalized spacial score (nSPS) is 11.2. The van der Waals surface area contributed by atoms with Crippen LogP contribution in [0.25, 0.3) is 55.7 Å². The van der Waals surface area contributed by atoms with Crippen LogP contribution in [0.5, 0.6) is 0 Å². The number of hydrogen-bond donors (Lipinski definition) is 3. The van der Waals surface area contributed by atoms with Crippen LogP contribution < -0.4 is 5.32 Å². The number of aromatic amines is 2. The molecule has 0 bridgehead atoms. The third kappa shape index (κ3) is 4.72. The third-order valence-electron chi connectivity index (χ3n) is 7.02. The molecule has 0 saturated carbocycles. The maximum Gasteiger partial charge on any atom is 0.228 e. The Labute approximate surface area is 234 Å². The van der Waals surface area contributed by atoms with Crippen molar-refractivity contribution in [1.29, 1.82) is 0 Å². The van der Waals surface area contributed by atoms with Crippen molar-refractivity contribution >= 4 is 33.5 Å². The fraction of sp³-hybridized carbons (Fsp3) is 0.0303. The molecule has 0 spiro atoms. The molecule has 0 aliphatic heterocycles. The summed E-state index contributed by atoms with van der Waals surface area (Å²) in [5.74, 6) is -0.393. The molecule has 4 aromatic heterocycles. The number of carbonyl (C=O) groups is 1. The maximum atomic E-state index is 14.6. The molecule has 7 rings (SSSR count). The second-order valence-electron chi connectivity index (χ2n) is 9.77. The molecule has 7 aromatic rings. The molecule has 7 nitrogen and oxygen atoms in total. The highest BCUT2D eigenvalue weighted by Gasteiger charge is 2.16. The van der Waals surface area contributed by atoms with Crippen LogP contribution in [0, 0.1) is 5.82 Å². The van der Waals surface area contributed by atoms with E-state index in [1.54, 1.807) is 24.5 Å². The number of amides is 1. The molecule has 0 atom stereocenters. The summed E-state index contributed by atoms with van der Waals surface area (Å²) in [5.41, 5.74) is 8.06. The molecule has 198 valence electrons. The van der Waals surface area contributed by atoms with E-state index in [9.17, 15) is 9.18 Å². The zero-order chi connectivity index (χ0) is 27.8. The number of halogens is 1. The number of nitrogens with one attached hydrogen (secondary N) is 3. The molecule has 1 amide bonds. The summed E-state index contributed by atoms with van der Waals surface area (Å²) >= 11 is 0. The Morgan fingerprint density at radius 2 is 1.66 bits per heavy atom. The third-order valence-corrected chi connectivity index (χ3v) is 7.02. The van der Waals surface area contributed by atoms with Crippen molar-refractivity contribution in [2.24, 2.45) is 0 Å². The molecule has 8 heteroatoms. The van der Waals surface area contributed by atoms with Crippen LogP contribution in [0.3, 0.4) is 0 Å². The number of fused-ring (bicyclic) bond motifs is 2. The molecule has 0 unspecified atom stereocenters. The summed E-state index contributed by atoms with van der Waals surface area (Å²) in [7, 11) is 0. The Bertz CT molecular complexity index is 2050. The first-order valence-corrected chi connectivity index (χ1v) is 13.1. The summed E-state index contributed by atoms with van der Waals surface area (Å²) in [4.78, 5) is 25.2. The summed E-state index contributed by atoms with van der Waals surface area (Å²) in [6.45, 7) is 0. The van der Waals surface area contributed by atoms with Gasteiger partial charge in [0.25, 0.3) is 0 Å². The summed E-state index contributed by atoms with van der Waals surface area (Å²) in [5, 5.41) is 11.4. The molecular weight excluding hydrogens is 515 g/mol. The van der Waals surface area contributed by atoms with E-state index in [0.29, 0.717) is 28.2 Å². The van der Waals surface area contributed by atoms with E-state index in [4.69, 9.17) is 4.98 Å². The van der Waals surface area contributed by atoms with E-state index in [1.807, 2.05) is 78.9 Å². The Morgan fingerprint density at radius 3 is 2.54 bits per heavy atom. The van der Waals surface area contributed by atoms with Gasteiger partial charge in [0, 0.05) is 28.2 Å². The molecule has 0 fully saturated rings. The van der Waals surface area contributed by atoms with E-state index < -0.39 is 0 Å². The lowest BCUT2D eigenvalue weighted by molar-refractivity contribution is -0.115. The maximum absolute atomic E-state index is 14.6. The fourth-order valence-electron chi connectivity index (χ4n) is 5.08. The topological polar surface area (TPSA) is 99.4 Å². The highest BCUT2D eigenvalue weighted by atomic mass is 19.1. The first-order valence-electron chi connectivity index (χ1n) is 13.1. The van der Waals surface area contributed by atoms with E-state index in [-0.39, 0.29) is 18.1 Å². The highest BCUT2D eigenvalue weighted by molar-refractivity contribution is 6.00. The van der Waals surface area contributed by atoms with Crippen molar-refractivity contribution in [3.05, 3.63) is 121 Å². The zero-order valence-corrected chi connectivity index (χ0v) is 21.7. The Hall–Kier alpha value is -5.63. The second-order valence-corrected chi connectivity index (χ2v) is 9.77. The van der Waals surface area contributed by atoms with E-state index in [1.165, 1.54) is 6.07 Å². The molecule has 0 aliphatic rings. The van der Waals surface area contributed by atoms with Gasteiger partial charge >= 0.3 is 0 Å². The van der Waals surface area contributed by atoms with Gasteiger partial charge in [-0.1, -0.05) is 60.7 Å². The van der Waals surface area contributed by atoms with Crippen molar-refractivity contribution in [1.82, 2.24) is 25.1 Å². The van der Waals surface area contributed by atoms with Crippen molar-refractivity contribution < 1.29 is 9.18 Å². The van der Waals surface area contributed by atoms with Gasteiger partial charge in [0.1, 0.15) is 17.0 Å². The zero-order valence-electron chi connectivity index (χ0n) is 21.7. The molecule has 0 aliphatic carbocycles. The number of H-pyrrole nitrogens is 2. The number of aromatic nitrogens is 5. The van der Waals surface area contributed by atoms with Crippen LogP contribution in [0.15, 0.2) is 109 Å². The SMILES string of the molecule is O=C(Cc1ccccc1)Nc1cncc(-c2ccc3[nH]nc(-c4cc5c(-c6ccccc6F)cccc5[nH]4)c3n2)c1. The van der Waals surface area contributed by atoms with Crippen LogP contribution >= 0.6 is 0 Å². The smallest absolute Gasteiger partial charge is 0.228 e. The fourth-order valence-corrected chi connectivity index (χ4v) is 5.08. The quantitative estimate of drug-likeness (QED) is 0.209. The minimum Gasteiger partial charge on any atom is -0.353 e. The van der Waals surface area contributed by atoms with Gasteiger partial charge in [-0.05, 0) is 47.5 Å². The molecule has 3 N–H and O–H groups in total. The predicted octanol–water partition coefficient (Wildman–Crippen LogP) is 7.16. The van der Waals surface area contributed by atoms with Crippen molar-refractivity contribution in [3.8, 4) is 33.8 Å². The van der Waals surface area contributed by atoms with Crippen LogP contribution in [0.2, 0.25) is 0 Å². The minimum atomic E-state index is -0.272. The molecule has 3 aromatic carbocycles. The number of benzene rings is 3. The van der Waals surface area contributed by atoms with Gasteiger partial charge in [0.15, 0.2) is 0 Å². The molecule has 41 heavy (non-hydrogen) atoms. The van der Waals surface area contributed by atoms with Crippen LogP contribution in [0.4, 0.5) is 10.1 Å². The average molecular weight is 539 g/mol. The number of rotatable bonds is 6. The monoisotopic (exact) mass is 538 g/mol. The number of nitrogens with zero attached hydrogens (tertiary/aromatic N) is 3. The number of pyridine rings is 2. The Kier molecular flexibility index (Phi) is 6.05. The van der Waals surface area contributed by atoms with Crippen LogP contribution in [-0.2, 0) is 11.2 Å². The lowest BCUT2D eigenvalue weighted by atomic mass is 10.0. The van der Waals surface area contributed by atoms with Gasteiger partial charge in [0.2, 0.25) is 5.91 Å². The minimum absolute atomic E-state index is 0.121. The van der Waals surface area contributed by atoms with Crippen molar-refractivity contribution in [2.75, 3.05) is 5.32 Å². The van der Waals surface area contributed by atoms with Crippen molar-refractivity contribution in [3.63, 3.8) is 0 Å². The molecule has 0 radical (unpaired) electrons. The van der Waals surface area contributed by atoms with E-state index >= 15 is 0 Å². The van der Waals surface area contributed by atoms with Gasteiger partial charge in [-0.2, -0.15) is 5.10 Å². The lowest BCUT2D eigenvalue weighted by Crippen LogP contribution is -2.14. The van der Waals surface area contributed by atoms with Gasteiger partial charge in [-0.3, -0.25) is 14.9 Å². The van der Waals surface area contributed by atoms with Gasteiger partial charge in [0.05, 0.1) is 35.2 Å². The van der Waals surface area contributed by atoms with Crippen LogP contribution in [0.1, 0.15) is 5.56 Å². The molecule has 4 heterocycles. The van der Waals surface area contributed by atoms with Gasteiger partial charge in [-0.25, -0.2) is 9.37 Å². The van der Waals surface area contributed by atoms with Crippen molar-refractivity contribution in [2.45, 2.75) is 6.42 Å². The average Bonchev–Trinajstić information content (AvgIpc) is 3.62. The standard InChI is InChI=1S/C33H23FN6O/c34-26-11-5-4-9-24(26)23-10-6-12-28-25(23)17-30(37-28)33-32-29(39-40-33)14-13-27(38-32)21-16-22(19-35-18-21)36-31(41)15-20-7-2-1-3-8-20/h1-14,16-19,37H,15H2,(H,36,41)(H,39,40). The Balaban J connectivity index is 1.22. The summed E-state index contributed by atoms with van der Waals surface area (Å²) in [6.07, 6.45) is 3.60. The number of hydrogen-bond acceptors (Lipinski definition) is 4. The summed E-state index contributed by atoms with van der Waals surface area (Å²) < 4.78 is 14.6. The highest BCUT2D eigenvalue weighted by Crippen LogP contribution is 2.35. The Morgan fingerprint density at radius 1 is 0.829 bits per heavy atom. The molecule has 0 saturated heterocycles. The van der Waals surface area contributed by atoms with Crippen LogP contribution in [-0.4, -0.2) is 31.1 Å². The van der Waals surface area contributed by atoms with E-state index in [2.05, 4.69) is 25.5 Å². The largest absolute Gasteiger partial charge is 0.353 e. The van der Waals surface area contributed by atoms with Gasteiger partial charge < -0.3 is 10.3 Å². The van der Waals surface area contributed by atoms with E-state index in [0.717, 1.165) is 38.8 Å². The summed E-state index contributed by atoms with van der Waals surface area (Å²) in [6, 6.07) is 29.8. The first-order chi connectivity index (χ1) is 20.1.